The van der Waals surface area contributed by atoms with Gasteiger partial charge in [-0.15, -0.1) is 0 Å². The first kappa shape index (κ1) is 38.4. The van der Waals surface area contributed by atoms with E-state index in [0.717, 1.165) is 49.7 Å². The molecule has 12 rings (SSSR count). The average Bonchev–Trinajstić information content (AvgIpc) is 3.75. The Balaban J connectivity index is 0.879. The summed E-state index contributed by atoms with van der Waals surface area (Å²) in [5, 5.41) is 0. The summed E-state index contributed by atoms with van der Waals surface area (Å²) in [5.41, 5.74) is 2.20. The van der Waals surface area contributed by atoms with Crippen molar-refractivity contribution in [3.63, 3.8) is 0 Å². The summed E-state index contributed by atoms with van der Waals surface area (Å²) in [6, 6.07) is 0. The molecule has 0 N–H and O–H groups in total. The predicted molar refractivity (Wildman–Crippen MR) is 200 cm³/mol. The zero-order valence-electron chi connectivity index (χ0n) is 34.0. The van der Waals surface area contributed by atoms with E-state index in [0.29, 0.717) is 38.7 Å². The van der Waals surface area contributed by atoms with Crippen LogP contribution in [0, 0.1) is 11.8 Å². The van der Waals surface area contributed by atoms with Crippen LogP contribution in [0.3, 0.4) is 0 Å². The van der Waals surface area contributed by atoms with E-state index in [1.54, 1.807) is 0 Å². The van der Waals surface area contributed by atoms with Gasteiger partial charge in [0.2, 0.25) is 0 Å². The first-order valence-corrected chi connectivity index (χ1v) is 22.2. The monoisotopic (exact) mass is 798 g/mol. The topological polar surface area (TPSA) is 128 Å². The second-order valence-electron chi connectivity index (χ2n) is 19.8. The summed E-state index contributed by atoms with van der Waals surface area (Å²) < 4.78 is 80.1. The van der Waals surface area contributed by atoms with Crippen molar-refractivity contribution < 1.29 is 61.6 Å². The van der Waals surface area contributed by atoms with E-state index in [-0.39, 0.29) is 122 Å². The Hall–Kier alpha value is -1.49. The number of ether oxygens (including phenoxy) is 12. The molecule has 13 nitrogen and oxygen atoms in total. The van der Waals surface area contributed by atoms with Crippen molar-refractivity contribution in [3.8, 4) is 0 Å². The van der Waals surface area contributed by atoms with Gasteiger partial charge in [0, 0.05) is 31.6 Å². The van der Waals surface area contributed by atoms with E-state index in [2.05, 4.69) is 27.0 Å². The van der Waals surface area contributed by atoms with E-state index < -0.39 is 23.8 Å². The van der Waals surface area contributed by atoms with Crippen molar-refractivity contribution in [3.05, 3.63) is 24.3 Å². The van der Waals surface area contributed by atoms with Crippen LogP contribution in [0.15, 0.2) is 24.3 Å². The van der Waals surface area contributed by atoms with Crippen LogP contribution >= 0.6 is 0 Å². The fourth-order valence-electron chi connectivity index (χ4n) is 12.5. The van der Waals surface area contributed by atoms with E-state index in [4.69, 9.17) is 56.8 Å². The lowest BCUT2D eigenvalue weighted by molar-refractivity contribution is -0.356. The number of carbonyl (C=O) groups is 1. The van der Waals surface area contributed by atoms with Gasteiger partial charge in [0.15, 0.2) is 11.6 Å². The highest BCUT2D eigenvalue weighted by atomic mass is 16.8. The van der Waals surface area contributed by atoms with E-state index in [9.17, 15) is 4.79 Å². The molecule has 0 amide bonds. The number of fused-ring (bicyclic) bond motifs is 8. The summed E-state index contributed by atoms with van der Waals surface area (Å²) in [7, 11) is 0. The normalized spacial score (nSPS) is 55.5. The first-order valence-electron chi connectivity index (χ1n) is 22.2. The van der Waals surface area contributed by atoms with Crippen molar-refractivity contribution in [2.45, 2.75) is 226 Å². The second-order valence-corrected chi connectivity index (χ2v) is 19.8. The number of esters is 1. The van der Waals surface area contributed by atoms with Gasteiger partial charge in [-0.2, -0.15) is 0 Å². The Kier molecular flexibility index (Phi) is 9.64. The van der Waals surface area contributed by atoms with Crippen LogP contribution in [-0.4, -0.2) is 134 Å². The van der Waals surface area contributed by atoms with Crippen LogP contribution in [0.25, 0.3) is 0 Å². The van der Waals surface area contributed by atoms with E-state index in [1.807, 2.05) is 13.8 Å². The number of hydrogen-bond acceptors (Lipinski definition) is 13. The summed E-state index contributed by atoms with van der Waals surface area (Å²) >= 11 is 0. The fraction of sp³-hybridized carbons (Fsp3) is 0.886. The van der Waals surface area contributed by atoms with Gasteiger partial charge in [0.1, 0.15) is 42.7 Å². The lowest BCUT2D eigenvalue weighted by Crippen LogP contribution is -2.64. The van der Waals surface area contributed by atoms with Gasteiger partial charge in [-0.25, -0.2) is 0 Å². The molecule has 0 saturated carbocycles. The minimum atomic E-state index is -0.794. The lowest BCUT2D eigenvalue weighted by Gasteiger charge is -2.53. The van der Waals surface area contributed by atoms with Crippen LogP contribution in [0.5, 0.6) is 0 Å². The highest BCUT2D eigenvalue weighted by Crippen LogP contribution is 2.54. The molecule has 57 heavy (non-hydrogen) atoms. The van der Waals surface area contributed by atoms with Crippen molar-refractivity contribution in [2.75, 3.05) is 6.61 Å². The fourth-order valence-corrected chi connectivity index (χ4v) is 12.5. The standard InChI is InChI=1S/C44H62O13/c1-20-13-24-7-9-27-21(2)14-26(47-27)11-12-44-18-33-39(56-44)40-41(52-33)42(57-44)38-28(51-40)10-8-25(49-38)15-35(45)54-37-23(4)36-32(50-31(37)16-29(48-24)22(20)3)17-30-34(53-36)19-46-43(5,6)55-30/h20,23-34,36-42H,2-3,7-19H2,1,4-6H3/t20-,23+,24+,25-,26+,27+,28+,29?,30-,31+,32+,33-,34-,36+,37-,38+,39-,40?,41-,42+,44+/m1/s1. The molecule has 0 aromatic carbocycles. The third-order valence-corrected chi connectivity index (χ3v) is 15.4. The quantitative estimate of drug-likeness (QED) is 0.241. The second kappa shape index (κ2) is 14.3. The number of carbonyl (C=O) groups excluding carboxylic acids is 1. The Labute approximate surface area is 336 Å². The van der Waals surface area contributed by atoms with Gasteiger partial charge < -0.3 is 56.8 Å². The Morgan fingerprint density at radius 3 is 2.19 bits per heavy atom. The maximum absolute atomic E-state index is 14.1. The van der Waals surface area contributed by atoms with Crippen LogP contribution in [0.4, 0.5) is 0 Å². The molecule has 12 fully saturated rings. The van der Waals surface area contributed by atoms with Crippen molar-refractivity contribution in [1.29, 1.82) is 0 Å². The zero-order valence-corrected chi connectivity index (χ0v) is 34.0. The lowest BCUT2D eigenvalue weighted by atomic mass is 9.79. The third kappa shape index (κ3) is 6.81. The Morgan fingerprint density at radius 2 is 1.32 bits per heavy atom. The number of hydrogen-bond donors (Lipinski definition) is 0. The predicted octanol–water partition coefficient (Wildman–Crippen LogP) is 4.99. The van der Waals surface area contributed by atoms with Crippen LogP contribution in [0.1, 0.15) is 105 Å². The van der Waals surface area contributed by atoms with Gasteiger partial charge in [-0.05, 0) is 75.9 Å². The minimum absolute atomic E-state index is 0.0204. The smallest absolute Gasteiger partial charge is 0.308 e. The van der Waals surface area contributed by atoms with Crippen LogP contribution < -0.4 is 0 Å². The molecule has 0 radical (unpaired) electrons. The molecular formula is C44H62O13. The molecule has 12 bridgehead atoms. The maximum atomic E-state index is 14.1. The van der Waals surface area contributed by atoms with E-state index >= 15 is 0 Å². The maximum Gasteiger partial charge on any atom is 0.308 e. The van der Waals surface area contributed by atoms with Crippen LogP contribution in [0.2, 0.25) is 0 Å². The molecule has 2 unspecified atom stereocenters. The summed E-state index contributed by atoms with van der Waals surface area (Å²) in [6.07, 6.45) is 4.24. The molecule has 12 saturated heterocycles. The van der Waals surface area contributed by atoms with Gasteiger partial charge in [-0.3, -0.25) is 4.79 Å². The number of rotatable bonds is 0. The highest BCUT2D eigenvalue weighted by Gasteiger charge is 2.69. The van der Waals surface area contributed by atoms with E-state index in [1.165, 1.54) is 0 Å². The summed E-state index contributed by atoms with van der Waals surface area (Å²) in [5.74, 6) is -1.69. The Bertz CT molecular complexity index is 1600. The van der Waals surface area contributed by atoms with Gasteiger partial charge in [-0.1, -0.05) is 27.0 Å². The van der Waals surface area contributed by atoms with Crippen LogP contribution in [-0.2, 0) is 61.6 Å². The largest absolute Gasteiger partial charge is 0.459 e. The zero-order chi connectivity index (χ0) is 39.0. The van der Waals surface area contributed by atoms with Crippen molar-refractivity contribution in [2.24, 2.45) is 11.8 Å². The van der Waals surface area contributed by atoms with Gasteiger partial charge >= 0.3 is 5.97 Å². The minimum Gasteiger partial charge on any atom is -0.459 e. The van der Waals surface area contributed by atoms with Crippen molar-refractivity contribution in [1.82, 2.24) is 0 Å². The van der Waals surface area contributed by atoms with Gasteiger partial charge in [0.25, 0.3) is 0 Å². The third-order valence-electron chi connectivity index (χ3n) is 15.4. The average molecular weight is 799 g/mol. The molecule has 0 aliphatic carbocycles. The van der Waals surface area contributed by atoms with Gasteiger partial charge in [0.05, 0.1) is 80.2 Å². The highest BCUT2D eigenvalue weighted by molar-refractivity contribution is 5.70. The Morgan fingerprint density at radius 1 is 0.579 bits per heavy atom. The molecule has 0 aromatic heterocycles. The molecule has 13 heteroatoms. The molecule has 12 heterocycles. The molecule has 1 spiro atoms. The molecule has 12 aliphatic heterocycles. The molecule has 316 valence electrons. The van der Waals surface area contributed by atoms with Crippen molar-refractivity contribution >= 4 is 5.97 Å². The summed E-state index contributed by atoms with van der Waals surface area (Å²) in [4.78, 5) is 14.1. The SMILES string of the molecule is C=C1C2C[C@@H]3O[C@H]4C[C@H]5OC(C)(C)OC[C@H]5O[C@H]4[C@H](C)[C@H]3OC(=O)C[C@H]3CC[C@@H]4OC5[C@H]6O[C@@H]7C[C@](CC[C@H]8CC(=C)[C@H](CC[C@@H](C[C@H]1C)O2)O8)(O[C@H]6[C@H]4O3)O[C@@H]57. The molecule has 21 atom stereocenters. The first-order chi connectivity index (χ1) is 27.4. The molecule has 0 aromatic rings. The molecule has 12 aliphatic rings. The molecular weight excluding hydrogens is 736 g/mol. The summed E-state index contributed by atoms with van der Waals surface area (Å²) in [6.45, 7) is 17.7.